The molecule has 0 aromatic carbocycles. The Labute approximate surface area is 124 Å². The highest BCUT2D eigenvalue weighted by atomic mass is 79.9. The Hall–Kier alpha value is -1.63. The monoisotopic (exact) mass is 339 g/mol. The van der Waals surface area contributed by atoms with E-state index in [0.29, 0.717) is 22.6 Å². The topological polar surface area (TPSA) is 72.4 Å². The van der Waals surface area contributed by atoms with Gasteiger partial charge in [-0.3, -0.25) is 4.79 Å². The standard InChI is InChI=1S/C13H14BrN3O3/c14-11-9(5-7-19-11)13(18)17-6-3-1-2-4-10(17)12-15-8-20-16-12/h5,7-8,10H,1-4,6H2/t10-/m0/s1. The predicted octanol–water partition coefficient (Wildman–Crippen LogP) is 3.18. The highest BCUT2D eigenvalue weighted by Gasteiger charge is 2.31. The van der Waals surface area contributed by atoms with Gasteiger partial charge in [-0.1, -0.05) is 18.0 Å². The molecule has 0 unspecified atom stereocenters. The van der Waals surface area contributed by atoms with Gasteiger partial charge in [0.05, 0.1) is 17.9 Å². The van der Waals surface area contributed by atoms with Crippen LogP contribution in [0.4, 0.5) is 0 Å². The van der Waals surface area contributed by atoms with Gasteiger partial charge in [0.2, 0.25) is 6.39 Å². The van der Waals surface area contributed by atoms with Crippen molar-refractivity contribution in [2.24, 2.45) is 0 Å². The van der Waals surface area contributed by atoms with Crippen LogP contribution in [0.25, 0.3) is 0 Å². The minimum absolute atomic E-state index is 0.0673. The number of halogens is 1. The summed E-state index contributed by atoms with van der Waals surface area (Å²) in [6, 6.07) is 1.54. The van der Waals surface area contributed by atoms with Crippen LogP contribution in [-0.2, 0) is 0 Å². The molecule has 0 saturated carbocycles. The lowest BCUT2D eigenvalue weighted by molar-refractivity contribution is 0.0668. The van der Waals surface area contributed by atoms with Crippen molar-refractivity contribution >= 4 is 21.8 Å². The maximum absolute atomic E-state index is 12.7. The van der Waals surface area contributed by atoms with Gasteiger partial charge in [-0.25, -0.2) is 0 Å². The SMILES string of the molecule is O=C(c1ccoc1Br)N1CCCCC[C@H]1c1ncon1. The van der Waals surface area contributed by atoms with E-state index in [0.717, 1.165) is 25.7 Å². The van der Waals surface area contributed by atoms with E-state index in [1.165, 1.54) is 12.7 Å². The summed E-state index contributed by atoms with van der Waals surface area (Å²) in [5.41, 5.74) is 0.528. The van der Waals surface area contributed by atoms with E-state index in [1.54, 1.807) is 6.07 Å². The number of rotatable bonds is 2. The van der Waals surface area contributed by atoms with Crippen molar-refractivity contribution < 1.29 is 13.7 Å². The van der Waals surface area contributed by atoms with Gasteiger partial charge in [-0.2, -0.15) is 4.98 Å². The van der Waals surface area contributed by atoms with Crippen LogP contribution in [0.5, 0.6) is 0 Å². The quantitative estimate of drug-likeness (QED) is 0.840. The van der Waals surface area contributed by atoms with Crippen molar-refractivity contribution in [3.63, 3.8) is 0 Å². The summed E-state index contributed by atoms with van der Waals surface area (Å²) in [5, 5.41) is 3.90. The average molecular weight is 340 g/mol. The van der Waals surface area contributed by atoms with Gasteiger partial charge in [0.1, 0.15) is 0 Å². The predicted molar refractivity (Wildman–Crippen MR) is 73.0 cm³/mol. The molecule has 1 atom stereocenters. The van der Waals surface area contributed by atoms with Crippen molar-refractivity contribution in [2.45, 2.75) is 31.7 Å². The first-order valence-corrected chi connectivity index (χ1v) is 7.37. The van der Waals surface area contributed by atoms with Crippen LogP contribution in [0.15, 0.2) is 32.3 Å². The Balaban J connectivity index is 1.91. The molecule has 2 aromatic heterocycles. The highest BCUT2D eigenvalue weighted by molar-refractivity contribution is 9.10. The molecule has 1 amide bonds. The summed E-state index contributed by atoms with van der Waals surface area (Å²) in [4.78, 5) is 18.6. The zero-order valence-electron chi connectivity index (χ0n) is 10.8. The third-order valence-electron chi connectivity index (χ3n) is 3.54. The van der Waals surface area contributed by atoms with E-state index in [2.05, 4.69) is 26.1 Å². The van der Waals surface area contributed by atoms with Gasteiger partial charge >= 0.3 is 0 Å². The van der Waals surface area contributed by atoms with Crippen LogP contribution >= 0.6 is 15.9 Å². The molecule has 6 nitrogen and oxygen atoms in total. The number of furan rings is 1. The molecule has 106 valence electrons. The average Bonchev–Trinajstić information content (AvgIpc) is 3.05. The molecule has 1 saturated heterocycles. The van der Waals surface area contributed by atoms with Gasteiger partial charge < -0.3 is 13.8 Å². The number of hydrogen-bond donors (Lipinski definition) is 0. The van der Waals surface area contributed by atoms with Gasteiger partial charge in [0.15, 0.2) is 10.5 Å². The lowest BCUT2D eigenvalue weighted by Gasteiger charge is -2.27. The van der Waals surface area contributed by atoms with Crippen LogP contribution in [0.1, 0.15) is 47.9 Å². The van der Waals surface area contributed by atoms with E-state index in [-0.39, 0.29) is 11.9 Å². The van der Waals surface area contributed by atoms with Crippen LogP contribution in [0.2, 0.25) is 0 Å². The minimum Gasteiger partial charge on any atom is -0.457 e. The smallest absolute Gasteiger partial charge is 0.258 e. The molecule has 0 N–H and O–H groups in total. The molecule has 0 radical (unpaired) electrons. The van der Waals surface area contributed by atoms with Crippen LogP contribution in [0.3, 0.4) is 0 Å². The van der Waals surface area contributed by atoms with E-state index >= 15 is 0 Å². The van der Waals surface area contributed by atoms with E-state index < -0.39 is 0 Å². The maximum atomic E-state index is 12.7. The fourth-order valence-electron chi connectivity index (χ4n) is 2.55. The number of hydrogen-bond acceptors (Lipinski definition) is 5. The van der Waals surface area contributed by atoms with Crippen molar-refractivity contribution in [1.82, 2.24) is 15.0 Å². The van der Waals surface area contributed by atoms with Crippen molar-refractivity contribution in [3.8, 4) is 0 Å². The zero-order valence-corrected chi connectivity index (χ0v) is 12.4. The Morgan fingerprint density at radius 2 is 2.30 bits per heavy atom. The Morgan fingerprint density at radius 3 is 3.00 bits per heavy atom. The molecule has 7 heteroatoms. The highest BCUT2D eigenvalue weighted by Crippen LogP contribution is 2.31. The second-order valence-electron chi connectivity index (χ2n) is 4.76. The number of amides is 1. The molecule has 0 aliphatic carbocycles. The Kier molecular flexibility index (Phi) is 3.86. The summed E-state index contributed by atoms with van der Waals surface area (Å²) >= 11 is 3.26. The summed E-state index contributed by atoms with van der Waals surface area (Å²) in [7, 11) is 0. The molecule has 3 heterocycles. The Morgan fingerprint density at radius 1 is 1.40 bits per heavy atom. The normalized spacial score (nSPS) is 19.9. The molecule has 20 heavy (non-hydrogen) atoms. The lowest BCUT2D eigenvalue weighted by Crippen LogP contribution is -2.35. The summed E-state index contributed by atoms with van der Waals surface area (Å²) < 4.78 is 10.4. The fraction of sp³-hybridized carbons (Fsp3) is 0.462. The number of nitrogens with zero attached hydrogens (tertiary/aromatic N) is 3. The van der Waals surface area contributed by atoms with Crippen molar-refractivity contribution in [2.75, 3.05) is 6.54 Å². The summed E-state index contributed by atoms with van der Waals surface area (Å²) in [5.74, 6) is 0.502. The summed E-state index contributed by atoms with van der Waals surface area (Å²) in [6.07, 6.45) is 6.78. The molecular weight excluding hydrogens is 326 g/mol. The lowest BCUT2D eigenvalue weighted by atomic mass is 10.1. The van der Waals surface area contributed by atoms with Crippen LogP contribution < -0.4 is 0 Å². The van der Waals surface area contributed by atoms with Crippen molar-refractivity contribution in [3.05, 3.63) is 34.8 Å². The third kappa shape index (κ3) is 2.49. The first-order chi connectivity index (χ1) is 9.77. The van der Waals surface area contributed by atoms with Gasteiger partial charge in [-0.15, -0.1) is 0 Å². The number of aromatic nitrogens is 2. The van der Waals surface area contributed by atoms with E-state index in [1.807, 2.05) is 4.90 Å². The van der Waals surface area contributed by atoms with E-state index in [4.69, 9.17) is 8.94 Å². The van der Waals surface area contributed by atoms with E-state index in [9.17, 15) is 4.79 Å². The number of carbonyl (C=O) groups excluding carboxylic acids is 1. The second kappa shape index (κ2) is 5.78. The molecule has 1 aliphatic rings. The Bertz CT molecular complexity index is 581. The number of likely N-dealkylation sites (tertiary alicyclic amines) is 1. The maximum Gasteiger partial charge on any atom is 0.258 e. The molecule has 1 aliphatic heterocycles. The van der Waals surface area contributed by atoms with Crippen molar-refractivity contribution in [1.29, 1.82) is 0 Å². The zero-order chi connectivity index (χ0) is 13.9. The minimum atomic E-state index is -0.134. The molecule has 0 bridgehead atoms. The fourth-order valence-corrected chi connectivity index (χ4v) is 2.96. The molecule has 2 aromatic rings. The largest absolute Gasteiger partial charge is 0.457 e. The van der Waals surface area contributed by atoms with Gasteiger partial charge in [0.25, 0.3) is 5.91 Å². The van der Waals surface area contributed by atoms with Gasteiger partial charge in [0, 0.05) is 6.54 Å². The van der Waals surface area contributed by atoms with Gasteiger partial charge in [-0.05, 0) is 34.8 Å². The van der Waals surface area contributed by atoms with Crippen LogP contribution in [-0.4, -0.2) is 27.5 Å². The van der Waals surface area contributed by atoms with Crippen LogP contribution in [0, 0.1) is 0 Å². The molecular formula is C13H14BrN3O3. The molecule has 1 fully saturated rings. The molecule has 0 spiro atoms. The third-order valence-corrected chi connectivity index (χ3v) is 4.15. The first kappa shape index (κ1) is 13.4. The second-order valence-corrected chi connectivity index (χ2v) is 5.48. The first-order valence-electron chi connectivity index (χ1n) is 6.57. The molecule has 3 rings (SSSR count). The number of carbonyl (C=O) groups is 1. The summed E-state index contributed by atoms with van der Waals surface area (Å²) in [6.45, 7) is 0.690.